The first-order chi connectivity index (χ1) is 10.7. The Morgan fingerprint density at radius 1 is 1.14 bits per heavy atom. The molecule has 4 nitrogen and oxygen atoms in total. The van der Waals surface area contributed by atoms with Crippen LogP contribution in [0.3, 0.4) is 0 Å². The first kappa shape index (κ1) is 15.6. The largest absolute Gasteiger partial charge is 0.384 e. The number of anilines is 2. The van der Waals surface area contributed by atoms with Gasteiger partial charge in [0.1, 0.15) is 11.6 Å². The van der Waals surface area contributed by atoms with E-state index in [9.17, 15) is 0 Å². The molecule has 1 aromatic heterocycles. The van der Waals surface area contributed by atoms with Crippen LogP contribution in [0.1, 0.15) is 57.4 Å². The summed E-state index contributed by atoms with van der Waals surface area (Å²) in [6.07, 6.45) is 9.19. The lowest BCUT2D eigenvalue weighted by atomic mass is 9.95. The van der Waals surface area contributed by atoms with E-state index in [2.05, 4.69) is 28.2 Å². The predicted octanol–water partition coefficient (Wildman–Crippen LogP) is 3.64. The van der Waals surface area contributed by atoms with Gasteiger partial charge in [0.05, 0.1) is 0 Å². The van der Waals surface area contributed by atoms with Crippen LogP contribution in [0.15, 0.2) is 12.1 Å². The minimum atomic E-state index is 0.576. The van der Waals surface area contributed by atoms with Gasteiger partial charge in [0.25, 0.3) is 0 Å². The van der Waals surface area contributed by atoms with Gasteiger partial charge in [0.15, 0.2) is 0 Å². The highest BCUT2D eigenvalue weighted by molar-refractivity contribution is 5.47. The first-order valence-electron chi connectivity index (χ1n) is 8.94. The molecule has 4 heteroatoms. The van der Waals surface area contributed by atoms with Crippen LogP contribution in [0.4, 0.5) is 11.6 Å². The van der Waals surface area contributed by atoms with Crippen molar-refractivity contribution in [2.45, 2.75) is 64.5 Å². The quantitative estimate of drug-likeness (QED) is 0.891. The van der Waals surface area contributed by atoms with Gasteiger partial charge >= 0.3 is 0 Å². The Morgan fingerprint density at radius 3 is 2.59 bits per heavy atom. The van der Waals surface area contributed by atoms with E-state index in [-0.39, 0.29) is 0 Å². The number of hydrogen-bond acceptors (Lipinski definition) is 4. The second-order valence-electron chi connectivity index (χ2n) is 7.22. The van der Waals surface area contributed by atoms with Crippen LogP contribution in [0.2, 0.25) is 0 Å². The van der Waals surface area contributed by atoms with Gasteiger partial charge in [-0.1, -0.05) is 26.2 Å². The molecule has 3 N–H and O–H groups in total. The van der Waals surface area contributed by atoms with Gasteiger partial charge < -0.3 is 11.1 Å². The topological polar surface area (TPSA) is 54.2 Å². The van der Waals surface area contributed by atoms with E-state index in [0.717, 1.165) is 18.3 Å². The van der Waals surface area contributed by atoms with Crippen molar-refractivity contribution in [3.05, 3.63) is 17.7 Å². The fraction of sp³-hybridized carbons (Fsp3) is 0.722. The minimum absolute atomic E-state index is 0.576. The smallest absolute Gasteiger partial charge is 0.128 e. The molecule has 1 saturated carbocycles. The number of piperidine rings is 1. The number of rotatable bonds is 4. The Balaban J connectivity index is 1.61. The molecule has 2 heterocycles. The van der Waals surface area contributed by atoms with Gasteiger partial charge in [-0.3, -0.25) is 4.90 Å². The van der Waals surface area contributed by atoms with Crippen LogP contribution in [0.25, 0.3) is 0 Å². The van der Waals surface area contributed by atoms with Crippen LogP contribution in [0, 0.1) is 5.92 Å². The molecule has 22 heavy (non-hydrogen) atoms. The molecule has 122 valence electrons. The first-order valence-corrected chi connectivity index (χ1v) is 8.94. The summed E-state index contributed by atoms with van der Waals surface area (Å²) in [6, 6.07) is 4.80. The lowest BCUT2D eigenvalue weighted by molar-refractivity contribution is 0.185. The van der Waals surface area contributed by atoms with Crippen molar-refractivity contribution >= 4 is 11.6 Å². The van der Waals surface area contributed by atoms with Crippen molar-refractivity contribution in [3.8, 4) is 0 Å². The number of nitrogens with one attached hydrogen (secondary N) is 1. The third-order valence-electron chi connectivity index (χ3n) is 5.14. The molecule has 0 unspecified atom stereocenters. The summed E-state index contributed by atoms with van der Waals surface area (Å²) < 4.78 is 0. The summed E-state index contributed by atoms with van der Waals surface area (Å²) in [7, 11) is 0. The molecule has 0 spiro atoms. The summed E-state index contributed by atoms with van der Waals surface area (Å²) in [6.45, 7) is 5.76. The zero-order valence-electron chi connectivity index (χ0n) is 13.9. The van der Waals surface area contributed by atoms with E-state index < -0.39 is 0 Å². The maximum absolute atomic E-state index is 6.02. The van der Waals surface area contributed by atoms with Crippen LogP contribution >= 0.6 is 0 Å². The Hall–Kier alpha value is -1.29. The highest BCUT2D eigenvalue weighted by Gasteiger charge is 2.17. The van der Waals surface area contributed by atoms with E-state index in [1.807, 2.05) is 6.07 Å². The van der Waals surface area contributed by atoms with Gasteiger partial charge in [0, 0.05) is 12.6 Å². The number of nitrogens with zero attached hydrogens (tertiary/aromatic N) is 2. The summed E-state index contributed by atoms with van der Waals surface area (Å²) in [5, 5.41) is 3.60. The fourth-order valence-electron chi connectivity index (χ4n) is 3.71. The van der Waals surface area contributed by atoms with Gasteiger partial charge in [-0.2, -0.15) is 0 Å². The van der Waals surface area contributed by atoms with Crippen molar-refractivity contribution in [1.82, 2.24) is 9.88 Å². The van der Waals surface area contributed by atoms with Crippen LogP contribution < -0.4 is 11.1 Å². The van der Waals surface area contributed by atoms with Crippen LogP contribution in [-0.2, 0) is 6.54 Å². The SMILES string of the molecule is CC1CCN(Cc2cc(N)nc(NC3CCCCC3)c2)CC1. The summed E-state index contributed by atoms with van der Waals surface area (Å²) in [4.78, 5) is 7.02. The van der Waals surface area contributed by atoms with Crippen molar-refractivity contribution in [2.75, 3.05) is 24.1 Å². The van der Waals surface area contributed by atoms with Crippen molar-refractivity contribution in [2.24, 2.45) is 5.92 Å². The molecule has 0 aromatic carbocycles. The van der Waals surface area contributed by atoms with E-state index >= 15 is 0 Å². The number of nitrogen functional groups attached to an aromatic ring is 1. The maximum Gasteiger partial charge on any atom is 0.128 e. The zero-order valence-corrected chi connectivity index (χ0v) is 13.9. The molecule has 1 aromatic rings. The molecular formula is C18H30N4. The number of hydrogen-bond donors (Lipinski definition) is 2. The van der Waals surface area contributed by atoms with Gasteiger partial charge in [-0.05, 0) is 62.4 Å². The standard InChI is InChI=1S/C18H30N4/c1-14-7-9-22(10-8-14)13-15-11-17(19)21-18(12-15)20-16-5-3-2-4-6-16/h11-12,14,16H,2-10,13H2,1H3,(H3,19,20,21). The molecular weight excluding hydrogens is 272 g/mol. The van der Waals surface area contributed by atoms with E-state index in [1.54, 1.807) is 0 Å². The normalized spacial score (nSPS) is 21.9. The molecule has 2 fully saturated rings. The van der Waals surface area contributed by atoms with Crippen molar-refractivity contribution < 1.29 is 0 Å². The molecule has 3 rings (SSSR count). The number of likely N-dealkylation sites (tertiary alicyclic amines) is 1. The number of aromatic nitrogens is 1. The predicted molar refractivity (Wildman–Crippen MR) is 92.8 cm³/mol. The monoisotopic (exact) mass is 302 g/mol. The Labute approximate surface area is 134 Å². The van der Waals surface area contributed by atoms with E-state index in [4.69, 9.17) is 5.73 Å². The second kappa shape index (κ2) is 7.32. The average molecular weight is 302 g/mol. The molecule has 0 radical (unpaired) electrons. The Bertz CT molecular complexity index is 474. The lowest BCUT2D eigenvalue weighted by Gasteiger charge is -2.30. The van der Waals surface area contributed by atoms with E-state index in [1.165, 1.54) is 63.6 Å². The second-order valence-corrected chi connectivity index (χ2v) is 7.22. The lowest BCUT2D eigenvalue weighted by Crippen LogP contribution is -2.32. The molecule has 0 bridgehead atoms. The molecule has 0 atom stereocenters. The highest BCUT2D eigenvalue weighted by atomic mass is 15.1. The van der Waals surface area contributed by atoms with Crippen molar-refractivity contribution in [3.63, 3.8) is 0 Å². The number of pyridine rings is 1. The van der Waals surface area contributed by atoms with Gasteiger partial charge in [0.2, 0.25) is 0 Å². The number of nitrogens with two attached hydrogens (primary N) is 1. The maximum atomic E-state index is 6.02. The Kier molecular flexibility index (Phi) is 5.19. The fourth-order valence-corrected chi connectivity index (χ4v) is 3.71. The molecule has 1 aliphatic heterocycles. The molecule has 0 amide bonds. The average Bonchev–Trinajstić information content (AvgIpc) is 2.50. The molecule has 1 saturated heterocycles. The Morgan fingerprint density at radius 2 is 1.86 bits per heavy atom. The minimum Gasteiger partial charge on any atom is -0.384 e. The third-order valence-corrected chi connectivity index (χ3v) is 5.14. The molecule has 2 aliphatic rings. The van der Waals surface area contributed by atoms with Crippen molar-refractivity contribution in [1.29, 1.82) is 0 Å². The zero-order chi connectivity index (χ0) is 15.4. The molecule has 1 aliphatic carbocycles. The summed E-state index contributed by atoms with van der Waals surface area (Å²) in [5.41, 5.74) is 7.31. The van der Waals surface area contributed by atoms with Crippen LogP contribution in [-0.4, -0.2) is 29.0 Å². The van der Waals surface area contributed by atoms with Gasteiger partial charge in [-0.15, -0.1) is 0 Å². The van der Waals surface area contributed by atoms with Crippen LogP contribution in [0.5, 0.6) is 0 Å². The highest BCUT2D eigenvalue weighted by Crippen LogP contribution is 2.23. The third kappa shape index (κ3) is 4.35. The van der Waals surface area contributed by atoms with E-state index in [0.29, 0.717) is 11.9 Å². The summed E-state index contributed by atoms with van der Waals surface area (Å²) >= 11 is 0. The summed E-state index contributed by atoms with van der Waals surface area (Å²) in [5.74, 6) is 2.48. The van der Waals surface area contributed by atoms with Gasteiger partial charge in [-0.25, -0.2) is 4.98 Å².